The molecule has 0 unspecified atom stereocenters. The van der Waals surface area contributed by atoms with Crippen LogP contribution in [0.1, 0.15) is 0 Å². The molecule has 0 spiro atoms. The van der Waals surface area contributed by atoms with Gasteiger partial charge in [0, 0.05) is 23.7 Å². The standard InChI is InChI=1S/C23H16N2O3S/c26-21-10-11-22(27)25(21)23-12-18-19(13-24-14-20(18)29-23)28-17-8-6-16(7-9-17)15-4-2-1-3-5-15/h1-14,26-27H. The maximum absolute atomic E-state index is 10.00. The van der Waals surface area contributed by atoms with Crippen LogP contribution in [0.15, 0.2) is 85.2 Å². The lowest BCUT2D eigenvalue weighted by Gasteiger charge is -2.08. The zero-order valence-corrected chi connectivity index (χ0v) is 16.0. The van der Waals surface area contributed by atoms with E-state index in [1.807, 2.05) is 48.5 Å². The van der Waals surface area contributed by atoms with Gasteiger partial charge in [-0.3, -0.25) is 4.98 Å². The lowest BCUT2D eigenvalue weighted by molar-refractivity contribution is 0.404. The molecule has 3 aromatic heterocycles. The van der Waals surface area contributed by atoms with Gasteiger partial charge in [0.2, 0.25) is 0 Å². The minimum Gasteiger partial charge on any atom is -0.494 e. The summed E-state index contributed by atoms with van der Waals surface area (Å²) < 4.78 is 8.36. The second-order valence-corrected chi connectivity index (χ2v) is 7.57. The molecule has 2 N–H and O–H groups in total. The smallest absolute Gasteiger partial charge is 0.199 e. The van der Waals surface area contributed by atoms with E-state index in [4.69, 9.17) is 4.74 Å². The molecule has 5 nitrogen and oxygen atoms in total. The molecule has 0 saturated heterocycles. The molecule has 5 aromatic rings. The van der Waals surface area contributed by atoms with Gasteiger partial charge >= 0.3 is 0 Å². The number of hydrogen-bond acceptors (Lipinski definition) is 5. The van der Waals surface area contributed by atoms with Crippen molar-refractivity contribution >= 4 is 21.4 Å². The Kier molecular flexibility index (Phi) is 4.18. The zero-order valence-electron chi connectivity index (χ0n) is 15.2. The second-order valence-electron chi connectivity index (χ2n) is 6.51. The Morgan fingerprint density at radius 3 is 2.21 bits per heavy atom. The van der Waals surface area contributed by atoms with Gasteiger partial charge in [-0.05, 0) is 29.3 Å². The molecule has 0 bridgehead atoms. The average Bonchev–Trinajstić information content (AvgIpc) is 3.32. The molecule has 0 aliphatic carbocycles. The van der Waals surface area contributed by atoms with Gasteiger partial charge in [-0.2, -0.15) is 0 Å². The van der Waals surface area contributed by atoms with Gasteiger partial charge in [-0.25, -0.2) is 4.57 Å². The summed E-state index contributed by atoms with van der Waals surface area (Å²) in [5.41, 5.74) is 2.27. The van der Waals surface area contributed by atoms with Crippen molar-refractivity contribution in [3.63, 3.8) is 0 Å². The van der Waals surface area contributed by atoms with Crippen molar-refractivity contribution in [2.45, 2.75) is 0 Å². The van der Waals surface area contributed by atoms with E-state index in [1.54, 1.807) is 12.4 Å². The van der Waals surface area contributed by atoms with E-state index in [-0.39, 0.29) is 11.8 Å². The van der Waals surface area contributed by atoms with Crippen LogP contribution in [0, 0.1) is 0 Å². The van der Waals surface area contributed by atoms with Crippen LogP contribution in [0.5, 0.6) is 23.3 Å². The highest BCUT2D eigenvalue weighted by Gasteiger charge is 2.14. The Labute approximate surface area is 170 Å². The minimum absolute atomic E-state index is 0.0269. The first-order valence-electron chi connectivity index (χ1n) is 9.00. The summed E-state index contributed by atoms with van der Waals surface area (Å²) >= 11 is 1.41. The van der Waals surface area contributed by atoms with Crippen molar-refractivity contribution in [1.29, 1.82) is 0 Å². The van der Waals surface area contributed by atoms with Gasteiger partial charge in [0.05, 0.1) is 10.9 Å². The number of nitrogens with zero attached hydrogens (tertiary/aromatic N) is 2. The monoisotopic (exact) mass is 400 g/mol. The van der Waals surface area contributed by atoms with E-state index in [9.17, 15) is 10.2 Å². The number of hydrogen-bond donors (Lipinski definition) is 2. The number of aromatic nitrogens is 2. The molecule has 0 fully saturated rings. The SMILES string of the molecule is Oc1ccc(O)n1-c1cc2c(Oc3ccc(-c4ccccc4)cc3)cncc2s1. The third kappa shape index (κ3) is 3.19. The number of pyridine rings is 1. The largest absolute Gasteiger partial charge is 0.494 e. The van der Waals surface area contributed by atoms with Crippen LogP contribution in [0.25, 0.3) is 26.2 Å². The highest BCUT2D eigenvalue weighted by atomic mass is 32.1. The lowest BCUT2D eigenvalue weighted by Crippen LogP contribution is -1.88. The molecule has 3 heterocycles. The maximum Gasteiger partial charge on any atom is 0.199 e. The fourth-order valence-corrected chi connectivity index (χ4v) is 4.29. The number of benzene rings is 2. The van der Waals surface area contributed by atoms with Crippen molar-refractivity contribution in [2.75, 3.05) is 0 Å². The van der Waals surface area contributed by atoms with E-state index in [0.717, 1.165) is 21.2 Å². The summed E-state index contributed by atoms with van der Waals surface area (Å²) in [7, 11) is 0. The van der Waals surface area contributed by atoms with Gasteiger partial charge in [0.25, 0.3) is 0 Å². The van der Waals surface area contributed by atoms with Crippen LogP contribution in [0.3, 0.4) is 0 Å². The highest BCUT2D eigenvalue weighted by molar-refractivity contribution is 7.21. The fourth-order valence-electron chi connectivity index (χ4n) is 3.23. The van der Waals surface area contributed by atoms with Crippen molar-refractivity contribution < 1.29 is 14.9 Å². The zero-order chi connectivity index (χ0) is 19.8. The Balaban J connectivity index is 1.48. The molecular weight excluding hydrogens is 384 g/mol. The van der Waals surface area contributed by atoms with Crippen molar-refractivity contribution in [3.05, 3.63) is 85.2 Å². The predicted octanol–water partition coefficient (Wildman–Crippen LogP) is 5.96. The van der Waals surface area contributed by atoms with Gasteiger partial charge in [0.1, 0.15) is 10.8 Å². The molecule has 29 heavy (non-hydrogen) atoms. The molecule has 0 atom stereocenters. The molecule has 0 amide bonds. The van der Waals surface area contributed by atoms with E-state index in [0.29, 0.717) is 16.5 Å². The number of thiophene rings is 1. The fraction of sp³-hybridized carbons (Fsp3) is 0. The molecule has 0 aliphatic heterocycles. The molecule has 5 rings (SSSR count). The Morgan fingerprint density at radius 2 is 1.48 bits per heavy atom. The summed E-state index contributed by atoms with van der Waals surface area (Å²) in [5, 5.41) is 21.5. The Morgan fingerprint density at radius 1 is 0.793 bits per heavy atom. The Bertz CT molecular complexity index is 1270. The summed E-state index contributed by atoms with van der Waals surface area (Å²) in [5.74, 6) is 1.27. The molecule has 2 aromatic carbocycles. The summed E-state index contributed by atoms with van der Waals surface area (Å²) in [6, 6.07) is 22.8. The van der Waals surface area contributed by atoms with Crippen LogP contribution in [-0.4, -0.2) is 19.8 Å². The molecule has 0 saturated carbocycles. The number of rotatable bonds is 4. The number of aromatic hydroxyl groups is 2. The van der Waals surface area contributed by atoms with E-state index >= 15 is 0 Å². The first-order valence-corrected chi connectivity index (χ1v) is 9.81. The summed E-state index contributed by atoms with van der Waals surface area (Å²) in [6.45, 7) is 0. The molecule has 0 radical (unpaired) electrons. The normalized spacial score (nSPS) is 11.0. The second kappa shape index (κ2) is 7.00. The summed E-state index contributed by atoms with van der Waals surface area (Å²) in [4.78, 5) is 4.26. The molecular formula is C23H16N2O3S. The highest BCUT2D eigenvalue weighted by Crippen LogP contribution is 2.39. The topological polar surface area (TPSA) is 67.5 Å². The van der Waals surface area contributed by atoms with Gasteiger partial charge in [-0.1, -0.05) is 42.5 Å². The van der Waals surface area contributed by atoms with E-state index in [1.165, 1.54) is 28.0 Å². The average molecular weight is 400 g/mol. The van der Waals surface area contributed by atoms with Crippen molar-refractivity contribution in [2.24, 2.45) is 0 Å². The third-order valence-electron chi connectivity index (χ3n) is 4.65. The van der Waals surface area contributed by atoms with E-state index in [2.05, 4.69) is 17.1 Å². The van der Waals surface area contributed by atoms with Gasteiger partial charge in [-0.15, -0.1) is 11.3 Å². The Hall–Kier alpha value is -3.77. The van der Waals surface area contributed by atoms with Crippen molar-refractivity contribution in [1.82, 2.24) is 9.55 Å². The third-order valence-corrected chi connectivity index (χ3v) is 5.70. The number of ether oxygens (including phenoxy) is 1. The van der Waals surface area contributed by atoms with E-state index < -0.39 is 0 Å². The maximum atomic E-state index is 10.00. The lowest BCUT2D eigenvalue weighted by atomic mass is 10.1. The van der Waals surface area contributed by atoms with Crippen LogP contribution in [0.2, 0.25) is 0 Å². The quantitative estimate of drug-likeness (QED) is 0.391. The molecule has 0 aliphatic rings. The predicted molar refractivity (Wildman–Crippen MR) is 114 cm³/mol. The van der Waals surface area contributed by atoms with Gasteiger partial charge < -0.3 is 14.9 Å². The van der Waals surface area contributed by atoms with Crippen LogP contribution >= 0.6 is 11.3 Å². The van der Waals surface area contributed by atoms with Crippen LogP contribution in [0.4, 0.5) is 0 Å². The number of fused-ring (bicyclic) bond motifs is 1. The first-order chi connectivity index (χ1) is 14.2. The molecule has 6 heteroatoms. The first kappa shape index (κ1) is 17.3. The van der Waals surface area contributed by atoms with Gasteiger partial charge in [0.15, 0.2) is 17.5 Å². The van der Waals surface area contributed by atoms with Crippen LogP contribution < -0.4 is 4.74 Å². The summed E-state index contributed by atoms with van der Waals surface area (Å²) in [6.07, 6.45) is 3.41. The minimum atomic E-state index is -0.0269. The van der Waals surface area contributed by atoms with Crippen molar-refractivity contribution in [3.8, 4) is 39.4 Å². The van der Waals surface area contributed by atoms with Crippen LogP contribution in [-0.2, 0) is 0 Å². The molecule has 142 valence electrons.